The summed E-state index contributed by atoms with van der Waals surface area (Å²) in [5, 5.41) is 2.12. The maximum absolute atomic E-state index is 12.4. The molecule has 0 N–H and O–H groups in total. The molecule has 0 fully saturated rings. The van der Waals surface area contributed by atoms with E-state index in [9.17, 15) is 4.79 Å². The zero-order valence-electron chi connectivity index (χ0n) is 13.9. The molecule has 0 spiro atoms. The van der Waals surface area contributed by atoms with Crippen molar-refractivity contribution in [3.05, 3.63) is 67.5 Å². The molecule has 0 saturated heterocycles. The molecule has 1 aliphatic heterocycles. The van der Waals surface area contributed by atoms with Crippen molar-refractivity contribution in [2.75, 3.05) is 11.6 Å². The molecule has 0 amide bonds. The molecular weight excluding hydrogens is 373 g/mol. The van der Waals surface area contributed by atoms with Gasteiger partial charge in [0.05, 0.1) is 27.8 Å². The van der Waals surface area contributed by atoms with Gasteiger partial charge in [-0.05, 0) is 43.0 Å². The topological polar surface area (TPSA) is 42.7 Å². The molecule has 0 radical (unpaired) electrons. The van der Waals surface area contributed by atoms with Gasteiger partial charge in [0.1, 0.15) is 11.3 Å². The second-order valence-electron chi connectivity index (χ2n) is 6.67. The Kier molecular flexibility index (Phi) is 3.66. The predicted molar refractivity (Wildman–Crippen MR) is 103 cm³/mol. The monoisotopic (exact) mass is 387 g/mol. The molecule has 5 rings (SSSR count). The fourth-order valence-corrected chi connectivity index (χ4v) is 4.50. The molecule has 0 bridgehead atoms. The average Bonchev–Trinajstić information content (AvgIpc) is 3.14. The summed E-state index contributed by atoms with van der Waals surface area (Å²) >= 11 is 12.8. The molecule has 2 heterocycles. The number of nitrogens with zero attached hydrogens (tertiary/aromatic N) is 1. The van der Waals surface area contributed by atoms with E-state index in [1.807, 2.05) is 35.2 Å². The van der Waals surface area contributed by atoms with Crippen molar-refractivity contribution in [2.24, 2.45) is 0 Å². The lowest BCUT2D eigenvalue weighted by atomic mass is 10.0. The number of benzene rings is 2. The highest BCUT2D eigenvalue weighted by Crippen LogP contribution is 2.42. The van der Waals surface area contributed by atoms with Crippen LogP contribution < -0.4 is 15.3 Å². The Bertz CT molecular complexity index is 1110. The predicted octanol–water partition coefficient (Wildman–Crippen LogP) is 4.95. The van der Waals surface area contributed by atoms with Gasteiger partial charge >= 0.3 is 5.63 Å². The Balaban J connectivity index is 1.72. The van der Waals surface area contributed by atoms with Crippen LogP contribution in [0.2, 0.25) is 10.0 Å². The third-order valence-corrected chi connectivity index (χ3v) is 5.77. The highest BCUT2D eigenvalue weighted by Gasteiger charge is 2.28. The largest absolute Gasteiger partial charge is 0.471 e. The van der Waals surface area contributed by atoms with E-state index in [4.69, 9.17) is 32.4 Å². The summed E-state index contributed by atoms with van der Waals surface area (Å²) in [5.74, 6) is 0.587. The molecular formula is C20H15Cl2NO3. The van der Waals surface area contributed by atoms with Gasteiger partial charge in [-0.1, -0.05) is 35.3 Å². The number of hydrogen-bond donors (Lipinski definition) is 0. The third-order valence-electron chi connectivity index (χ3n) is 5.17. The average molecular weight is 388 g/mol. The van der Waals surface area contributed by atoms with Crippen molar-refractivity contribution < 1.29 is 9.15 Å². The van der Waals surface area contributed by atoms with Crippen LogP contribution in [0.3, 0.4) is 0 Å². The fourth-order valence-electron chi connectivity index (χ4n) is 3.97. The van der Waals surface area contributed by atoms with Crippen LogP contribution in [0, 0.1) is 0 Å². The van der Waals surface area contributed by atoms with E-state index in [2.05, 4.69) is 0 Å². The first-order chi connectivity index (χ1) is 12.6. The summed E-state index contributed by atoms with van der Waals surface area (Å²) in [6.45, 7) is 0.842. The molecule has 0 saturated carbocycles. The Hall–Kier alpha value is -2.17. The van der Waals surface area contributed by atoms with Gasteiger partial charge in [0, 0.05) is 10.9 Å². The molecule has 1 aliphatic carbocycles. The van der Waals surface area contributed by atoms with Crippen LogP contribution in [0.5, 0.6) is 5.75 Å². The van der Waals surface area contributed by atoms with E-state index in [1.165, 1.54) is 0 Å². The maximum Gasteiger partial charge on any atom is 0.339 e. The van der Waals surface area contributed by atoms with Gasteiger partial charge in [-0.25, -0.2) is 4.79 Å². The Labute approximate surface area is 159 Å². The van der Waals surface area contributed by atoms with Crippen molar-refractivity contribution >= 4 is 39.9 Å². The lowest BCUT2D eigenvalue weighted by Crippen LogP contribution is -2.32. The number of rotatable bonds is 1. The molecule has 4 nitrogen and oxygen atoms in total. The molecule has 3 aromatic rings. The first kappa shape index (κ1) is 16.0. The first-order valence-electron chi connectivity index (χ1n) is 8.55. The van der Waals surface area contributed by atoms with Crippen LogP contribution >= 0.6 is 23.2 Å². The van der Waals surface area contributed by atoms with Crippen molar-refractivity contribution in [1.29, 1.82) is 0 Å². The molecule has 26 heavy (non-hydrogen) atoms. The highest BCUT2D eigenvalue weighted by atomic mass is 35.5. The van der Waals surface area contributed by atoms with E-state index in [0.29, 0.717) is 34.7 Å². The summed E-state index contributed by atoms with van der Waals surface area (Å²) in [7, 11) is 0. The van der Waals surface area contributed by atoms with Gasteiger partial charge in [-0.2, -0.15) is 0 Å². The zero-order chi connectivity index (χ0) is 17.8. The molecule has 6 heteroatoms. The number of para-hydroxylation sites is 1. The summed E-state index contributed by atoms with van der Waals surface area (Å²) in [6, 6.07) is 9.47. The quantitative estimate of drug-likeness (QED) is 0.554. The van der Waals surface area contributed by atoms with Crippen LogP contribution in [0.15, 0.2) is 39.5 Å². The third kappa shape index (κ3) is 2.32. The number of aryl methyl sites for hydroxylation is 1. The summed E-state index contributed by atoms with van der Waals surface area (Å²) in [5.41, 5.74) is 3.85. The number of fused-ring (bicyclic) bond motifs is 5. The van der Waals surface area contributed by atoms with Crippen LogP contribution in [0.25, 0.3) is 11.0 Å². The number of anilines is 1. The van der Waals surface area contributed by atoms with Gasteiger partial charge in [0.25, 0.3) is 0 Å². The van der Waals surface area contributed by atoms with Crippen LogP contribution in [0.1, 0.15) is 23.1 Å². The Morgan fingerprint density at radius 3 is 2.65 bits per heavy atom. The van der Waals surface area contributed by atoms with Crippen molar-refractivity contribution in [3.63, 3.8) is 0 Å². The second kappa shape index (κ2) is 5.93. The Morgan fingerprint density at radius 2 is 1.81 bits per heavy atom. The normalized spacial score (nSPS) is 15.7. The molecule has 1 aromatic heterocycles. The number of hydrogen-bond acceptors (Lipinski definition) is 4. The molecule has 0 unspecified atom stereocenters. The fraction of sp³-hybridized carbons (Fsp3) is 0.250. The van der Waals surface area contributed by atoms with Crippen molar-refractivity contribution in [1.82, 2.24) is 0 Å². The minimum absolute atomic E-state index is 0.246. The maximum atomic E-state index is 12.4. The number of halogens is 2. The summed E-state index contributed by atoms with van der Waals surface area (Å²) in [4.78, 5) is 14.4. The minimum Gasteiger partial charge on any atom is -0.471 e. The van der Waals surface area contributed by atoms with Crippen molar-refractivity contribution in [3.8, 4) is 5.75 Å². The zero-order valence-corrected chi connectivity index (χ0v) is 15.4. The Morgan fingerprint density at radius 1 is 1.00 bits per heavy atom. The summed E-state index contributed by atoms with van der Waals surface area (Å²) in [6.07, 6.45) is 2.61. The molecule has 2 aromatic carbocycles. The van der Waals surface area contributed by atoms with Gasteiger partial charge < -0.3 is 14.1 Å². The van der Waals surface area contributed by atoms with E-state index in [-0.39, 0.29) is 5.63 Å². The lowest BCUT2D eigenvalue weighted by molar-refractivity contribution is 0.289. The minimum atomic E-state index is -0.246. The van der Waals surface area contributed by atoms with Gasteiger partial charge in [-0.15, -0.1) is 0 Å². The van der Waals surface area contributed by atoms with Gasteiger partial charge in [-0.3, -0.25) is 0 Å². The second-order valence-corrected chi connectivity index (χ2v) is 7.48. The molecule has 132 valence electrons. The van der Waals surface area contributed by atoms with Crippen molar-refractivity contribution in [2.45, 2.75) is 25.8 Å². The van der Waals surface area contributed by atoms with Crippen LogP contribution in [-0.2, 0) is 19.4 Å². The van der Waals surface area contributed by atoms with E-state index in [1.54, 1.807) is 0 Å². The van der Waals surface area contributed by atoms with Gasteiger partial charge in [0.2, 0.25) is 0 Å². The van der Waals surface area contributed by atoms with E-state index >= 15 is 0 Å². The van der Waals surface area contributed by atoms with Gasteiger partial charge in [0.15, 0.2) is 6.73 Å². The van der Waals surface area contributed by atoms with Crippen LogP contribution in [-0.4, -0.2) is 6.73 Å². The SMILES string of the molecule is O=c1oc2c3c(c(Cl)cc2c2c1CCC2)OCN(c1ccccc1Cl)C3. The highest BCUT2D eigenvalue weighted by molar-refractivity contribution is 6.33. The van der Waals surface area contributed by atoms with Crippen LogP contribution in [0.4, 0.5) is 5.69 Å². The molecule has 2 aliphatic rings. The lowest BCUT2D eigenvalue weighted by Gasteiger charge is -2.32. The van der Waals surface area contributed by atoms with E-state index < -0.39 is 0 Å². The van der Waals surface area contributed by atoms with E-state index in [0.717, 1.165) is 47.0 Å². The molecule has 0 atom stereocenters. The smallest absolute Gasteiger partial charge is 0.339 e. The number of ether oxygens (including phenoxy) is 1. The summed E-state index contributed by atoms with van der Waals surface area (Å²) < 4.78 is 11.6. The first-order valence-corrected chi connectivity index (χ1v) is 9.31. The standard InChI is InChI=1S/C20H15Cl2NO3/c21-15-6-1-2-7-17(15)23-9-14-18-13(8-16(22)19(14)25-10-23)11-4-3-5-12(11)20(24)26-18/h1-2,6-8H,3-5,9-10H2.